The number of halogens is 1. The van der Waals surface area contributed by atoms with Crippen molar-refractivity contribution >= 4 is 45.3 Å². The van der Waals surface area contributed by atoms with Gasteiger partial charge in [-0.15, -0.1) is 5.10 Å². The van der Waals surface area contributed by atoms with Crippen LogP contribution in [0.5, 0.6) is 0 Å². The maximum atomic E-state index is 6.01. The van der Waals surface area contributed by atoms with Crippen LogP contribution in [-0.2, 0) is 36.7 Å². The summed E-state index contributed by atoms with van der Waals surface area (Å²) in [6.07, 6.45) is 9.64. The molecule has 0 aliphatic carbocycles. The zero-order valence-electron chi connectivity index (χ0n) is 32.6. The second-order valence-corrected chi connectivity index (χ2v) is 15.0. The maximum Gasteiger partial charge on any atom is 0.154 e. The number of nitrogens with one attached hydrogen (secondary N) is 1. The highest BCUT2D eigenvalue weighted by Gasteiger charge is 2.19. The van der Waals surface area contributed by atoms with Gasteiger partial charge in [-0.1, -0.05) is 25.4 Å². The SMILES string of the molecule is CC(C)c1cnnc(Nc2ccc3ncc(-c4cn(C)nc4CN4CCOCC4)cc3n2)c1.Cn1cc(-c2cnc3ccc(Cl)nc3c2)c(CN2CCOCC2)n1. The van der Waals surface area contributed by atoms with Crippen molar-refractivity contribution in [2.75, 3.05) is 57.9 Å². The van der Waals surface area contributed by atoms with Crippen molar-refractivity contribution in [3.05, 3.63) is 95.6 Å². The van der Waals surface area contributed by atoms with Gasteiger partial charge in [0.1, 0.15) is 11.0 Å². The van der Waals surface area contributed by atoms with Gasteiger partial charge in [-0.25, -0.2) is 9.97 Å². The molecule has 0 saturated carbocycles. The fourth-order valence-electron chi connectivity index (χ4n) is 6.97. The minimum atomic E-state index is 0.378. The molecule has 2 saturated heterocycles. The summed E-state index contributed by atoms with van der Waals surface area (Å²) in [5, 5.41) is 21.4. The molecular formula is C41H46ClN13O2. The molecule has 0 aromatic carbocycles. The topological polar surface area (TPSA) is 150 Å². The highest BCUT2D eigenvalue weighted by Crippen LogP contribution is 2.29. The molecule has 0 unspecified atom stereocenters. The van der Waals surface area contributed by atoms with Gasteiger partial charge in [-0.05, 0) is 53.9 Å². The standard InChI is InChI=1S/C24H28N8O.C17H18ClN5O/c1-16(2)17-11-24(29-26-13-17)28-23-5-4-20-21(27-23)10-18(12-25-20)19-14-31(3)30-22(19)15-32-6-8-33-9-7-32;1-22-10-13(16(21-22)11-23-4-6-24-7-5-23)12-8-15-14(19-9-12)2-3-17(18)20-15/h4-5,10-14,16H,6-9,15H2,1-3H3,(H,27,28,29);2-3,8-10H,4-7,11H2,1H3. The van der Waals surface area contributed by atoms with Crippen LogP contribution in [0.15, 0.2) is 73.4 Å². The number of morpholine rings is 2. The predicted octanol–water partition coefficient (Wildman–Crippen LogP) is 6.04. The third kappa shape index (κ3) is 9.41. The predicted molar refractivity (Wildman–Crippen MR) is 220 cm³/mol. The second kappa shape index (κ2) is 17.4. The lowest BCUT2D eigenvalue weighted by molar-refractivity contribution is 0.0336. The van der Waals surface area contributed by atoms with E-state index in [1.807, 2.05) is 78.6 Å². The molecule has 7 aromatic rings. The van der Waals surface area contributed by atoms with Crippen LogP contribution < -0.4 is 5.32 Å². The largest absolute Gasteiger partial charge is 0.379 e. The third-order valence-corrected chi connectivity index (χ3v) is 10.2. The van der Waals surface area contributed by atoms with E-state index in [-0.39, 0.29) is 0 Å². The van der Waals surface area contributed by atoms with Crippen molar-refractivity contribution in [3.8, 4) is 22.3 Å². The molecule has 0 bridgehead atoms. The van der Waals surface area contributed by atoms with Crippen molar-refractivity contribution in [1.29, 1.82) is 0 Å². The fraction of sp³-hybridized carbons (Fsp3) is 0.366. The molecule has 9 heterocycles. The summed E-state index contributed by atoms with van der Waals surface area (Å²) < 4.78 is 14.6. The van der Waals surface area contributed by atoms with Crippen molar-refractivity contribution in [1.82, 2.24) is 59.5 Å². The number of fused-ring (bicyclic) bond motifs is 2. The Morgan fingerprint density at radius 3 is 1.77 bits per heavy atom. The Balaban J connectivity index is 0.000000168. The molecule has 0 amide bonds. The van der Waals surface area contributed by atoms with Gasteiger partial charge in [0.2, 0.25) is 0 Å². The van der Waals surface area contributed by atoms with Crippen LogP contribution in [-0.4, -0.2) is 112 Å². The highest BCUT2D eigenvalue weighted by molar-refractivity contribution is 6.29. The molecule has 294 valence electrons. The average molecular weight is 788 g/mol. The molecule has 16 heteroatoms. The molecule has 15 nitrogen and oxygen atoms in total. The van der Waals surface area contributed by atoms with Crippen LogP contribution in [0, 0.1) is 0 Å². The number of aromatic nitrogens is 10. The van der Waals surface area contributed by atoms with Crippen molar-refractivity contribution in [3.63, 3.8) is 0 Å². The molecule has 0 atom stereocenters. The van der Waals surface area contributed by atoms with E-state index in [2.05, 4.69) is 65.3 Å². The first-order valence-electron chi connectivity index (χ1n) is 19.2. The Bertz CT molecular complexity index is 2470. The van der Waals surface area contributed by atoms with Crippen molar-refractivity contribution in [2.24, 2.45) is 14.1 Å². The van der Waals surface area contributed by atoms with Crippen molar-refractivity contribution < 1.29 is 9.47 Å². The summed E-state index contributed by atoms with van der Waals surface area (Å²) >= 11 is 6.01. The number of hydrogen-bond acceptors (Lipinski definition) is 13. The maximum absolute atomic E-state index is 6.01. The third-order valence-electron chi connectivity index (χ3n) is 10.0. The minimum Gasteiger partial charge on any atom is -0.379 e. The van der Waals surface area contributed by atoms with Gasteiger partial charge in [-0.2, -0.15) is 15.3 Å². The Kier molecular flexibility index (Phi) is 11.7. The number of hydrogen-bond donors (Lipinski definition) is 1. The van der Waals surface area contributed by atoms with Crippen LogP contribution in [0.25, 0.3) is 44.3 Å². The van der Waals surface area contributed by atoms with Crippen LogP contribution >= 0.6 is 11.6 Å². The van der Waals surface area contributed by atoms with Gasteiger partial charge in [0.05, 0.1) is 66.1 Å². The number of aryl methyl sites for hydroxylation is 2. The second-order valence-electron chi connectivity index (χ2n) is 14.6. The molecule has 0 spiro atoms. The summed E-state index contributed by atoms with van der Waals surface area (Å²) in [6.45, 7) is 12.7. The molecule has 0 radical (unpaired) electrons. The van der Waals surface area contributed by atoms with Crippen LogP contribution in [0.3, 0.4) is 0 Å². The van der Waals surface area contributed by atoms with E-state index in [0.29, 0.717) is 22.7 Å². The number of ether oxygens (including phenoxy) is 2. The molecule has 2 aliphatic rings. The molecule has 2 fully saturated rings. The number of nitrogens with zero attached hydrogens (tertiary/aromatic N) is 12. The van der Waals surface area contributed by atoms with E-state index in [4.69, 9.17) is 31.2 Å². The fourth-order valence-corrected chi connectivity index (χ4v) is 7.12. The van der Waals surface area contributed by atoms with Crippen LogP contribution in [0.4, 0.5) is 11.6 Å². The van der Waals surface area contributed by atoms with E-state index >= 15 is 0 Å². The summed E-state index contributed by atoms with van der Waals surface area (Å²) in [7, 11) is 3.89. The van der Waals surface area contributed by atoms with Gasteiger partial charge in [-0.3, -0.25) is 29.1 Å². The quantitative estimate of drug-likeness (QED) is 0.170. The van der Waals surface area contributed by atoms with Crippen LogP contribution in [0.1, 0.15) is 36.7 Å². The minimum absolute atomic E-state index is 0.378. The summed E-state index contributed by atoms with van der Waals surface area (Å²) in [5.74, 6) is 1.76. The number of rotatable bonds is 9. The van der Waals surface area contributed by atoms with Gasteiger partial charge in [0.25, 0.3) is 0 Å². The zero-order chi connectivity index (χ0) is 39.3. The van der Waals surface area contributed by atoms with Gasteiger partial charge in [0.15, 0.2) is 5.82 Å². The van der Waals surface area contributed by atoms with Gasteiger partial charge in [0, 0.05) is 100 Å². The van der Waals surface area contributed by atoms with Crippen molar-refractivity contribution in [2.45, 2.75) is 32.9 Å². The molecular weight excluding hydrogens is 742 g/mol. The lowest BCUT2D eigenvalue weighted by atomic mass is 10.1. The molecule has 1 N–H and O–H groups in total. The summed E-state index contributed by atoms with van der Waals surface area (Å²) in [4.78, 5) is 23.0. The van der Waals surface area contributed by atoms with E-state index in [9.17, 15) is 0 Å². The highest BCUT2D eigenvalue weighted by atomic mass is 35.5. The lowest BCUT2D eigenvalue weighted by Crippen LogP contribution is -2.35. The Morgan fingerprint density at radius 2 is 1.21 bits per heavy atom. The Hall–Kier alpha value is -5.45. The molecule has 9 rings (SSSR count). The summed E-state index contributed by atoms with van der Waals surface area (Å²) in [5.41, 5.74) is 10.7. The van der Waals surface area contributed by atoms with E-state index in [1.54, 1.807) is 12.3 Å². The van der Waals surface area contributed by atoms with E-state index < -0.39 is 0 Å². The Morgan fingerprint density at radius 1 is 0.667 bits per heavy atom. The van der Waals surface area contributed by atoms with E-state index in [1.165, 1.54) is 0 Å². The zero-order valence-corrected chi connectivity index (χ0v) is 33.4. The molecule has 7 aromatic heterocycles. The van der Waals surface area contributed by atoms with E-state index in [0.717, 1.165) is 127 Å². The first-order chi connectivity index (χ1) is 27.7. The summed E-state index contributed by atoms with van der Waals surface area (Å²) in [6, 6.07) is 13.6. The van der Waals surface area contributed by atoms with Crippen LogP contribution in [0.2, 0.25) is 5.15 Å². The molecule has 2 aliphatic heterocycles. The smallest absolute Gasteiger partial charge is 0.154 e. The normalized spacial score (nSPS) is 15.3. The van der Waals surface area contributed by atoms with Gasteiger partial charge >= 0.3 is 0 Å². The lowest BCUT2D eigenvalue weighted by Gasteiger charge is -2.26. The monoisotopic (exact) mass is 787 g/mol. The first kappa shape index (κ1) is 38.4. The average Bonchev–Trinajstić information content (AvgIpc) is 3.78. The number of pyridine rings is 4. The molecule has 57 heavy (non-hydrogen) atoms. The van der Waals surface area contributed by atoms with Gasteiger partial charge < -0.3 is 14.8 Å². The Labute approximate surface area is 336 Å². The first-order valence-corrected chi connectivity index (χ1v) is 19.6. The number of anilines is 2.